The largest absolute Gasteiger partial charge is 0.371 e. The third-order valence-electron chi connectivity index (χ3n) is 4.42. The maximum Gasteiger partial charge on any atom is 0.136 e. The highest BCUT2D eigenvalue weighted by Gasteiger charge is 2.34. The van der Waals surface area contributed by atoms with Gasteiger partial charge in [-0.1, -0.05) is 24.3 Å². The molecule has 0 spiro atoms. The van der Waals surface area contributed by atoms with Gasteiger partial charge in [-0.15, -0.1) is 0 Å². The Labute approximate surface area is 118 Å². The second-order valence-electron chi connectivity index (χ2n) is 5.72. The van der Waals surface area contributed by atoms with E-state index in [4.69, 9.17) is 10.5 Å². The Morgan fingerprint density at radius 1 is 1.15 bits per heavy atom. The monoisotopic (exact) mass is 269 g/mol. The molecule has 20 heavy (non-hydrogen) atoms. The molecule has 4 nitrogen and oxygen atoms in total. The lowest BCUT2D eigenvalue weighted by atomic mass is 10.1. The second-order valence-corrected chi connectivity index (χ2v) is 5.72. The van der Waals surface area contributed by atoms with E-state index in [2.05, 4.69) is 34.1 Å². The Morgan fingerprint density at radius 2 is 1.85 bits per heavy atom. The number of hydrogen-bond donors (Lipinski definition) is 1. The molecular formula is C16H19N3O. The van der Waals surface area contributed by atoms with Crippen LogP contribution in [0.3, 0.4) is 0 Å². The summed E-state index contributed by atoms with van der Waals surface area (Å²) in [6.07, 6.45) is 5.04. The average molecular weight is 269 g/mol. The zero-order valence-corrected chi connectivity index (χ0v) is 11.5. The van der Waals surface area contributed by atoms with Crippen LogP contribution in [0.5, 0.6) is 0 Å². The molecule has 4 heteroatoms. The Morgan fingerprint density at radius 3 is 2.55 bits per heavy atom. The molecular weight excluding hydrogens is 250 g/mol. The van der Waals surface area contributed by atoms with Crippen LogP contribution in [0.4, 0.5) is 5.82 Å². The van der Waals surface area contributed by atoms with E-state index in [1.807, 2.05) is 6.20 Å². The van der Waals surface area contributed by atoms with E-state index < -0.39 is 0 Å². The molecule has 1 aromatic carbocycles. The Hall–Kier alpha value is -1.65. The number of benzene rings is 1. The Bertz CT molecular complexity index is 631. The molecule has 2 N–H and O–H groups in total. The van der Waals surface area contributed by atoms with Gasteiger partial charge in [-0.25, -0.2) is 4.98 Å². The number of nitrogens with two attached hydrogens (primary N) is 1. The number of morpholine rings is 1. The third kappa shape index (κ3) is 1.87. The average Bonchev–Trinajstić information content (AvgIpc) is 2.84. The van der Waals surface area contributed by atoms with Gasteiger partial charge >= 0.3 is 0 Å². The van der Waals surface area contributed by atoms with Gasteiger partial charge in [0, 0.05) is 31.2 Å². The topological polar surface area (TPSA) is 51.4 Å². The number of aromatic nitrogens is 1. The zero-order valence-electron chi connectivity index (χ0n) is 11.5. The number of hydrogen-bond acceptors (Lipinski definition) is 4. The van der Waals surface area contributed by atoms with Crippen molar-refractivity contribution < 1.29 is 4.74 Å². The lowest BCUT2D eigenvalue weighted by molar-refractivity contribution is 0.0303. The molecule has 1 aromatic heterocycles. The minimum atomic E-state index is 0.378. The van der Waals surface area contributed by atoms with E-state index >= 15 is 0 Å². The maximum atomic E-state index is 5.92. The van der Waals surface area contributed by atoms with Gasteiger partial charge in [-0.2, -0.15) is 0 Å². The smallest absolute Gasteiger partial charge is 0.136 e. The first-order chi connectivity index (χ1) is 9.85. The molecule has 2 unspecified atom stereocenters. The van der Waals surface area contributed by atoms with Crippen molar-refractivity contribution in [2.24, 2.45) is 5.73 Å². The second kappa shape index (κ2) is 4.72. The van der Waals surface area contributed by atoms with Gasteiger partial charge in [-0.3, -0.25) is 0 Å². The first-order valence-electron chi connectivity index (χ1n) is 7.32. The van der Waals surface area contributed by atoms with E-state index in [-0.39, 0.29) is 0 Å². The summed E-state index contributed by atoms with van der Waals surface area (Å²) in [4.78, 5) is 7.07. The quantitative estimate of drug-likeness (QED) is 0.906. The lowest BCUT2D eigenvalue weighted by Gasteiger charge is -2.33. The summed E-state index contributed by atoms with van der Waals surface area (Å²) >= 11 is 0. The molecule has 2 aliphatic rings. The molecule has 3 heterocycles. The highest BCUT2D eigenvalue weighted by atomic mass is 16.5. The molecule has 2 aromatic rings. The predicted octanol–water partition coefficient (Wildman–Crippen LogP) is 2.06. The third-order valence-corrected chi connectivity index (χ3v) is 4.42. The van der Waals surface area contributed by atoms with Crippen molar-refractivity contribution in [3.05, 3.63) is 36.0 Å². The Kier molecular flexibility index (Phi) is 2.86. The predicted molar refractivity (Wildman–Crippen MR) is 79.7 cm³/mol. The lowest BCUT2D eigenvalue weighted by Crippen LogP contribution is -2.43. The van der Waals surface area contributed by atoms with Crippen LogP contribution in [0.15, 0.2) is 30.5 Å². The van der Waals surface area contributed by atoms with Crippen LogP contribution in [0.25, 0.3) is 10.8 Å². The van der Waals surface area contributed by atoms with Crippen molar-refractivity contribution in [3.63, 3.8) is 0 Å². The number of pyridine rings is 1. The van der Waals surface area contributed by atoms with Crippen molar-refractivity contribution in [1.82, 2.24) is 4.98 Å². The van der Waals surface area contributed by atoms with Crippen molar-refractivity contribution >= 4 is 16.6 Å². The van der Waals surface area contributed by atoms with Gasteiger partial charge in [0.2, 0.25) is 0 Å². The fourth-order valence-corrected chi connectivity index (χ4v) is 3.44. The maximum absolute atomic E-state index is 5.92. The van der Waals surface area contributed by atoms with Crippen molar-refractivity contribution in [1.29, 1.82) is 0 Å². The van der Waals surface area contributed by atoms with Gasteiger partial charge in [-0.05, 0) is 23.8 Å². The highest BCUT2D eigenvalue weighted by Crippen LogP contribution is 2.33. The van der Waals surface area contributed by atoms with E-state index in [1.54, 1.807) is 0 Å². The van der Waals surface area contributed by atoms with Crippen LogP contribution in [0, 0.1) is 0 Å². The van der Waals surface area contributed by atoms with E-state index in [0.717, 1.165) is 24.5 Å². The van der Waals surface area contributed by atoms with Gasteiger partial charge in [0.1, 0.15) is 5.82 Å². The van der Waals surface area contributed by atoms with Gasteiger partial charge < -0.3 is 15.4 Å². The van der Waals surface area contributed by atoms with Gasteiger partial charge in [0.05, 0.1) is 12.2 Å². The van der Waals surface area contributed by atoms with E-state index in [9.17, 15) is 0 Å². The van der Waals surface area contributed by atoms with Crippen LogP contribution in [-0.2, 0) is 11.3 Å². The summed E-state index contributed by atoms with van der Waals surface area (Å²) in [6.45, 7) is 2.44. The van der Waals surface area contributed by atoms with Crippen LogP contribution in [0.1, 0.15) is 18.4 Å². The number of anilines is 1. The molecule has 2 atom stereocenters. The van der Waals surface area contributed by atoms with E-state index in [0.29, 0.717) is 18.8 Å². The summed E-state index contributed by atoms with van der Waals surface area (Å²) in [7, 11) is 0. The summed E-state index contributed by atoms with van der Waals surface area (Å²) in [5.41, 5.74) is 6.94. The zero-order chi connectivity index (χ0) is 13.5. The fraction of sp³-hybridized carbons (Fsp3) is 0.438. The molecule has 2 aliphatic heterocycles. The van der Waals surface area contributed by atoms with Gasteiger partial charge in [0.25, 0.3) is 0 Å². The fourth-order valence-electron chi connectivity index (χ4n) is 3.44. The molecule has 4 rings (SSSR count). The van der Waals surface area contributed by atoms with Crippen molar-refractivity contribution in [2.45, 2.75) is 31.6 Å². The molecule has 2 bridgehead atoms. The highest BCUT2D eigenvalue weighted by molar-refractivity contribution is 5.94. The Balaban J connectivity index is 1.80. The molecule has 0 saturated carbocycles. The van der Waals surface area contributed by atoms with Gasteiger partial charge in [0.15, 0.2) is 0 Å². The van der Waals surface area contributed by atoms with Crippen LogP contribution < -0.4 is 10.6 Å². The minimum Gasteiger partial charge on any atom is -0.371 e. The molecule has 0 radical (unpaired) electrons. The number of ether oxygens (including phenoxy) is 1. The molecule has 2 fully saturated rings. The molecule has 0 amide bonds. The van der Waals surface area contributed by atoms with Crippen LogP contribution in [0.2, 0.25) is 0 Å². The normalized spacial score (nSPS) is 25.4. The molecule has 104 valence electrons. The van der Waals surface area contributed by atoms with Crippen LogP contribution >= 0.6 is 0 Å². The summed E-state index contributed by atoms with van der Waals surface area (Å²) in [6, 6.07) is 8.42. The first kappa shape index (κ1) is 12.1. The minimum absolute atomic E-state index is 0.378. The summed E-state index contributed by atoms with van der Waals surface area (Å²) in [5, 5.41) is 2.43. The molecule has 2 saturated heterocycles. The van der Waals surface area contributed by atoms with Crippen LogP contribution in [-0.4, -0.2) is 30.3 Å². The van der Waals surface area contributed by atoms with Crippen molar-refractivity contribution in [3.8, 4) is 0 Å². The summed E-state index contributed by atoms with van der Waals surface area (Å²) in [5.74, 6) is 1.08. The SMILES string of the molecule is NCc1cnc(N2CC3CCC(C2)O3)c2ccccc12. The number of rotatable bonds is 2. The molecule has 0 aliphatic carbocycles. The first-order valence-corrected chi connectivity index (χ1v) is 7.32. The summed E-state index contributed by atoms with van der Waals surface area (Å²) < 4.78 is 5.92. The number of fused-ring (bicyclic) bond motifs is 3. The van der Waals surface area contributed by atoms with E-state index in [1.165, 1.54) is 23.6 Å². The van der Waals surface area contributed by atoms with Crippen molar-refractivity contribution in [2.75, 3.05) is 18.0 Å². The number of nitrogens with zero attached hydrogens (tertiary/aromatic N) is 2. The standard InChI is InChI=1S/C16H19N3O/c17-7-11-8-18-16(15-4-2-1-3-14(11)15)19-9-12-5-6-13(10-19)20-12/h1-4,8,12-13H,5-7,9-10,17H2.